The van der Waals surface area contributed by atoms with Crippen LogP contribution in [0.2, 0.25) is 0 Å². The Hall–Kier alpha value is -1.26. The van der Waals surface area contributed by atoms with E-state index in [1.54, 1.807) is 20.8 Å². The van der Waals surface area contributed by atoms with E-state index in [4.69, 9.17) is 4.74 Å². The van der Waals surface area contributed by atoms with E-state index in [-0.39, 0.29) is 5.92 Å². The van der Waals surface area contributed by atoms with Gasteiger partial charge in [0.15, 0.2) is 0 Å². The molecule has 0 aliphatic carbocycles. The number of ether oxygens (including phenoxy) is 1. The minimum Gasteiger partial charge on any atom is -0.480 e. The van der Waals surface area contributed by atoms with Crippen molar-refractivity contribution in [3.05, 3.63) is 0 Å². The fourth-order valence-electron chi connectivity index (χ4n) is 2.11. The number of carbonyl (C=O) groups excluding carboxylic acids is 1. The number of rotatable bonds is 2. The third-order valence-electron chi connectivity index (χ3n) is 3.19. The van der Waals surface area contributed by atoms with E-state index in [0.29, 0.717) is 18.9 Å². The number of carbonyl (C=O) groups is 2. The van der Waals surface area contributed by atoms with E-state index in [2.05, 4.69) is 0 Å². The van der Waals surface area contributed by atoms with Gasteiger partial charge in [0.2, 0.25) is 0 Å². The maximum atomic E-state index is 12.0. The molecule has 0 radical (unpaired) electrons. The summed E-state index contributed by atoms with van der Waals surface area (Å²) in [6.07, 6.45) is -0.0234. The van der Waals surface area contributed by atoms with Crippen molar-refractivity contribution in [3.8, 4) is 0 Å². The van der Waals surface area contributed by atoms with Gasteiger partial charge in [0.1, 0.15) is 11.6 Å². The molecule has 1 saturated heterocycles. The number of carboxylic acid groups (broad SMARTS) is 1. The molecule has 0 saturated carbocycles. The summed E-state index contributed by atoms with van der Waals surface area (Å²) in [7, 11) is 0. The summed E-state index contributed by atoms with van der Waals surface area (Å²) in [6.45, 7) is 9.87. The lowest BCUT2D eigenvalue weighted by molar-refractivity contribution is -0.142. The van der Waals surface area contributed by atoms with Crippen molar-refractivity contribution in [2.24, 2.45) is 11.8 Å². The summed E-state index contributed by atoms with van der Waals surface area (Å²) >= 11 is 0. The van der Waals surface area contributed by atoms with Crippen LogP contribution < -0.4 is 0 Å². The van der Waals surface area contributed by atoms with Gasteiger partial charge in [0.25, 0.3) is 0 Å². The summed E-state index contributed by atoms with van der Waals surface area (Å²) in [6, 6.07) is -0.757. The molecule has 0 unspecified atom stereocenters. The highest BCUT2D eigenvalue weighted by Crippen LogP contribution is 2.30. The zero-order chi connectivity index (χ0) is 14.1. The predicted molar refractivity (Wildman–Crippen MR) is 67.3 cm³/mol. The van der Waals surface area contributed by atoms with Crippen LogP contribution in [0.1, 0.15) is 41.0 Å². The van der Waals surface area contributed by atoms with Gasteiger partial charge in [-0.25, -0.2) is 9.59 Å². The molecule has 1 aliphatic heterocycles. The molecule has 0 aromatic heterocycles. The standard InChI is InChI=1S/C13H23NO4/c1-8(2)9-6-10(11(15)16)14(7-9)12(17)18-13(3,4)5/h8-10H,6-7H2,1-5H3,(H,15,16)/t9-,10-/m0/s1. The molecular formula is C13H23NO4. The molecule has 1 N–H and O–H groups in total. The Morgan fingerprint density at radius 3 is 2.28 bits per heavy atom. The molecule has 1 rings (SSSR count). The molecule has 1 amide bonds. The smallest absolute Gasteiger partial charge is 0.411 e. The lowest BCUT2D eigenvalue weighted by Crippen LogP contribution is -2.43. The third kappa shape index (κ3) is 3.62. The maximum absolute atomic E-state index is 12.0. The van der Waals surface area contributed by atoms with Crippen molar-refractivity contribution in [2.75, 3.05) is 6.54 Å². The van der Waals surface area contributed by atoms with Crippen LogP contribution in [0.5, 0.6) is 0 Å². The van der Waals surface area contributed by atoms with Crippen LogP contribution >= 0.6 is 0 Å². The van der Waals surface area contributed by atoms with Crippen molar-refractivity contribution in [1.29, 1.82) is 0 Å². The Bertz CT molecular complexity index is 332. The zero-order valence-corrected chi connectivity index (χ0v) is 11.8. The van der Waals surface area contributed by atoms with Crippen LogP contribution in [0.15, 0.2) is 0 Å². The van der Waals surface area contributed by atoms with Gasteiger partial charge in [-0.2, -0.15) is 0 Å². The first-order valence-electron chi connectivity index (χ1n) is 6.34. The highest BCUT2D eigenvalue weighted by Gasteiger charge is 2.42. The van der Waals surface area contributed by atoms with E-state index in [9.17, 15) is 14.7 Å². The Morgan fingerprint density at radius 1 is 1.33 bits per heavy atom. The van der Waals surface area contributed by atoms with Crippen LogP contribution in [0, 0.1) is 11.8 Å². The van der Waals surface area contributed by atoms with Crippen LogP contribution in [0.4, 0.5) is 4.79 Å². The summed E-state index contributed by atoms with van der Waals surface area (Å²) in [5.74, 6) is -0.373. The van der Waals surface area contributed by atoms with Crippen molar-refractivity contribution in [2.45, 2.75) is 52.7 Å². The van der Waals surface area contributed by atoms with E-state index in [1.807, 2.05) is 13.8 Å². The summed E-state index contributed by atoms with van der Waals surface area (Å²) < 4.78 is 5.25. The highest BCUT2D eigenvalue weighted by molar-refractivity contribution is 5.81. The molecule has 0 bridgehead atoms. The number of nitrogens with zero attached hydrogens (tertiary/aromatic N) is 1. The van der Waals surface area contributed by atoms with Gasteiger partial charge in [-0.3, -0.25) is 4.90 Å². The van der Waals surface area contributed by atoms with Crippen LogP contribution in [0.3, 0.4) is 0 Å². The molecule has 104 valence electrons. The van der Waals surface area contributed by atoms with Crippen LogP contribution in [-0.2, 0) is 9.53 Å². The van der Waals surface area contributed by atoms with Crippen molar-refractivity contribution >= 4 is 12.1 Å². The molecule has 2 atom stereocenters. The number of hydrogen-bond acceptors (Lipinski definition) is 3. The third-order valence-corrected chi connectivity index (χ3v) is 3.19. The van der Waals surface area contributed by atoms with Gasteiger partial charge in [-0.15, -0.1) is 0 Å². The average molecular weight is 257 g/mol. The van der Waals surface area contributed by atoms with E-state index in [1.165, 1.54) is 4.90 Å². The second-order valence-corrected chi connectivity index (χ2v) is 6.23. The SMILES string of the molecule is CC(C)[C@H]1C[C@@H](C(=O)O)N(C(=O)OC(C)(C)C)C1. The molecule has 5 nitrogen and oxygen atoms in total. The fourth-order valence-corrected chi connectivity index (χ4v) is 2.11. The minimum atomic E-state index is -0.955. The lowest BCUT2D eigenvalue weighted by Gasteiger charge is -2.27. The quantitative estimate of drug-likeness (QED) is 0.824. The molecular weight excluding hydrogens is 234 g/mol. The number of hydrogen-bond donors (Lipinski definition) is 1. The van der Waals surface area contributed by atoms with Gasteiger partial charge in [-0.1, -0.05) is 13.8 Å². The number of carboxylic acids is 1. The van der Waals surface area contributed by atoms with Gasteiger partial charge < -0.3 is 9.84 Å². The topological polar surface area (TPSA) is 66.8 Å². The van der Waals surface area contributed by atoms with Crippen molar-refractivity contribution < 1.29 is 19.4 Å². The second kappa shape index (κ2) is 5.16. The molecule has 0 aromatic rings. The number of aliphatic carboxylic acids is 1. The first kappa shape index (κ1) is 14.8. The highest BCUT2D eigenvalue weighted by atomic mass is 16.6. The second-order valence-electron chi connectivity index (χ2n) is 6.23. The lowest BCUT2D eigenvalue weighted by atomic mass is 9.93. The van der Waals surface area contributed by atoms with Crippen LogP contribution in [0.25, 0.3) is 0 Å². The minimum absolute atomic E-state index is 0.221. The fraction of sp³-hybridized carbons (Fsp3) is 0.846. The monoisotopic (exact) mass is 257 g/mol. The van der Waals surface area contributed by atoms with Gasteiger partial charge >= 0.3 is 12.1 Å². The Labute approximate surface area is 108 Å². The molecule has 1 heterocycles. The van der Waals surface area contributed by atoms with E-state index >= 15 is 0 Å². The van der Waals surface area contributed by atoms with Crippen molar-refractivity contribution in [1.82, 2.24) is 4.90 Å². The molecule has 0 aromatic carbocycles. The van der Waals surface area contributed by atoms with E-state index in [0.717, 1.165) is 0 Å². The normalized spacial score (nSPS) is 24.4. The first-order valence-corrected chi connectivity index (χ1v) is 6.34. The summed E-state index contributed by atoms with van der Waals surface area (Å²) in [5.41, 5.74) is -0.601. The average Bonchev–Trinajstić information content (AvgIpc) is 2.58. The summed E-state index contributed by atoms with van der Waals surface area (Å²) in [5, 5.41) is 9.18. The molecule has 1 aliphatic rings. The Balaban J connectivity index is 2.78. The van der Waals surface area contributed by atoms with Gasteiger partial charge in [-0.05, 0) is 39.0 Å². The predicted octanol–water partition coefficient (Wildman–Crippen LogP) is 2.35. The van der Waals surface area contributed by atoms with Crippen LogP contribution in [-0.4, -0.2) is 40.3 Å². The van der Waals surface area contributed by atoms with Crippen molar-refractivity contribution in [3.63, 3.8) is 0 Å². The molecule has 5 heteroatoms. The number of likely N-dealkylation sites (tertiary alicyclic amines) is 1. The summed E-state index contributed by atoms with van der Waals surface area (Å²) in [4.78, 5) is 24.5. The molecule has 0 spiro atoms. The van der Waals surface area contributed by atoms with Gasteiger partial charge in [0, 0.05) is 6.54 Å². The maximum Gasteiger partial charge on any atom is 0.411 e. The Kier molecular flexibility index (Phi) is 4.24. The largest absolute Gasteiger partial charge is 0.480 e. The molecule has 18 heavy (non-hydrogen) atoms. The Morgan fingerprint density at radius 2 is 1.89 bits per heavy atom. The molecule has 1 fully saturated rings. The number of amides is 1. The van der Waals surface area contributed by atoms with Gasteiger partial charge in [0.05, 0.1) is 0 Å². The first-order chi connectivity index (χ1) is 8.11. The van der Waals surface area contributed by atoms with E-state index < -0.39 is 23.7 Å². The zero-order valence-electron chi connectivity index (χ0n) is 11.8.